The van der Waals surface area contributed by atoms with Gasteiger partial charge in [-0.05, 0) is 12.1 Å². The van der Waals surface area contributed by atoms with Crippen LogP contribution in [0.3, 0.4) is 0 Å². The number of nitrogens with one attached hydrogen (secondary N) is 1. The van der Waals surface area contributed by atoms with Crippen molar-refractivity contribution in [2.75, 3.05) is 20.0 Å². The summed E-state index contributed by atoms with van der Waals surface area (Å²) in [5.41, 5.74) is 7.17. The highest BCUT2D eigenvalue weighted by Gasteiger charge is 2.16. The van der Waals surface area contributed by atoms with Crippen molar-refractivity contribution in [2.45, 2.75) is 0 Å². The number of ketones is 1. The summed E-state index contributed by atoms with van der Waals surface area (Å²) in [7, 11) is 3.03. The number of ether oxygens (including phenoxy) is 2. The van der Waals surface area contributed by atoms with Crippen LogP contribution in [-0.4, -0.2) is 25.0 Å². The minimum Gasteiger partial charge on any atom is -0.493 e. The molecule has 2 rings (SSSR count). The fraction of sp³-hybridized carbons (Fsp3) is 0.154. The molecule has 2 aromatic rings. The largest absolute Gasteiger partial charge is 0.493 e. The molecule has 0 fully saturated rings. The number of hydrogen-bond acceptors (Lipinski definition) is 4. The molecule has 3 N–H and O–H groups in total. The Morgan fingerprint density at radius 2 is 1.89 bits per heavy atom. The molecule has 0 saturated carbocycles. The van der Waals surface area contributed by atoms with Crippen LogP contribution in [-0.2, 0) is 0 Å². The van der Waals surface area contributed by atoms with E-state index < -0.39 is 0 Å². The number of nitrogen functional groups attached to an aromatic ring is 1. The maximum Gasteiger partial charge on any atom is 0.196 e. The van der Waals surface area contributed by atoms with E-state index in [1.807, 2.05) is 0 Å². The summed E-state index contributed by atoms with van der Waals surface area (Å²) < 4.78 is 10.3. The average Bonchev–Trinajstić information content (AvgIpc) is 2.91. The van der Waals surface area contributed by atoms with Gasteiger partial charge in [0.25, 0.3) is 0 Å². The van der Waals surface area contributed by atoms with Crippen LogP contribution >= 0.6 is 0 Å². The van der Waals surface area contributed by atoms with Crippen molar-refractivity contribution >= 4 is 11.5 Å². The second-order valence-electron chi connectivity index (χ2n) is 3.72. The zero-order valence-electron chi connectivity index (χ0n) is 10.2. The third kappa shape index (κ3) is 2.02. The smallest absolute Gasteiger partial charge is 0.196 e. The van der Waals surface area contributed by atoms with E-state index in [2.05, 4.69) is 4.98 Å². The van der Waals surface area contributed by atoms with Crippen LogP contribution < -0.4 is 15.2 Å². The number of methoxy groups -OCH3 is 2. The molecule has 1 aromatic heterocycles. The first kappa shape index (κ1) is 12.0. The summed E-state index contributed by atoms with van der Waals surface area (Å²) in [5.74, 6) is 0.820. The number of aromatic nitrogens is 1. The fourth-order valence-corrected chi connectivity index (χ4v) is 1.71. The van der Waals surface area contributed by atoms with Gasteiger partial charge in [0.05, 0.1) is 14.2 Å². The summed E-state index contributed by atoms with van der Waals surface area (Å²) >= 11 is 0. The SMILES string of the molecule is COc1cc(N)c(C(=O)c2cc[nH]c2)cc1OC. The Morgan fingerprint density at radius 3 is 2.44 bits per heavy atom. The van der Waals surface area contributed by atoms with Gasteiger partial charge in [-0.2, -0.15) is 0 Å². The van der Waals surface area contributed by atoms with Gasteiger partial charge >= 0.3 is 0 Å². The van der Waals surface area contributed by atoms with Gasteiger partial charge in [0.15, 0.2) is 17.3 Å². The summed E-state index contributed by atoms with van der Waals surface area (Å²) in [6.07, 6.45) is 3.31. The van der Waals surface area contributed by atoms with E-state index in [9.17, 15) is 4.79 Å². The van der Waals surface area contributed by atoms with Crippen LogP contribution in [0, 0.1) is 0 Å². The first-order valence-corrected chi connectivity index (χ1v) is 5.36. The van der Waals surface area contributed by atoms with Crippen LogP contribution in [0.25, 0.3) is 0 Å². The first-order valence-electron chi connectivity index (χ1n) is 5.36. The zero-order valence-corrected chi connectivity index (χ0v) is 10.2. The first-order chi connectivity index (χ1) is 8.67. The second kappa shape index (κ2) is 4.83. The van der Waals surface area contributed by atoms with E-state index in [1.165, 1.54) is 14.2 Å². The van der Waals surface area contributed by atoms with Crippen molar-refractivity contribution in [3.8, 4) is 11.5 Å². The number of hydrogen-bond donors (Lipinski definition) is 2. The monoisotopic (exact) mass is 246 g/mol. The molecule has 0 spiro atoms. The Balaban J connectivity index is 2.48. The molecule has 0 aliphatic heterocycles. The molecule has 5 heteroatoms. The van der Waals surface area contributed by atoms with E-state index >= 15 is 0 Å². The zero-order chi connectivity index (χ0) is 13.1. The number of anilines is 1. The molecule has 1 aromatic carbocycles. The summed E-state index contributed by atoms with van der Waals surface area (Å²) in [5, 5.41) is 0. The van der Waals surface area contributed by atoms with Crippen molar-refractivity contribution in [3.63, 3.8) is 0 Å². The highest BCUT2D eigenvalue weighted by atomic mass is 16.5. The number of carbonyl (C=O) groups is 1. The molecule has 0 unspecified atom stereocenters. The molecule has 5 nitrogen and oxygen atoms in total. The molecular formula is C13H14N2O3. The fourth-order valence-electron chi connectivity index (χ4n) is 1.71. The molecule has 0 saturated heterocycles. The Bertz CT molecular complexity index is 562. The maximum atomic E-state index is 12.2. The van der Waals surface area contributed by atoms with Gasteiger partial charge in [-0.25, -0.2) is 0 Å². The molecule has 0 aliphatic rings. The van der Waals surface area contributed by atoms with Gasteiger partial charge in [-0.3, -0.25) is 4.79 Å². The lowest BCUT2D eigenvalue weighted by Crippen LogP contribution is -2.06. The van der Waals surface area contributed by atoms with Gasteiger partial charge in [-0.15, -0.1) is 0 Å². The minimum atomic E-state index is -0.158. The van der Waals surface area contributed by atoms with E-state index in [-0.39, 0.29) is 5.78 Å². The van der Waals surface area contributed by atoms with Gasteiger partial charge in [0.1, 0.15) is 0 Å². The minimum absolute atomic E-state index is 0.158. The highest BCUT2D eigenvalue weighted by molar-refractivity contribution is 6.12. The van der Waals surface area contributed by atoms with E-state index in [1.54, 1.807) is 30.6 Å². The predicted octanol–water partition coefficient (Wildman–Crippen LogP) is 1.85. The van der Waals surface area contributed by atoms with Gasteiger partial charge in [0.2, 0.25) is 0 Å². The molecule has 0 bridgehead atoms. The average molecular weight is 246 g/mol. The normalized spacial score (nSPS) is 10.1. The van der Waals surface area contributed by atoms with Crippen molar-refractivity contribution in [2.24, 2.45) is 0 Å². The molecular weight excluding hydrogens is 232 g/mol. The number of benzene rings is 1. The lowest BCUT2D eigenvalue weighted by atomic mass is 10.0. The quantitative estimate of drug-likeness (QED) is 0.637. The highest BCUT2D eigenvalue weighted by Crippen LogP contribution is 2.32. The molecule has 0 aliphatic carbocycles. The van der Waals surface area contributed by atoms with Crippen LogP contribution in [0.5, 0.6) is 11.5 Å². The van der Waals surface area contributed by atoms with Gasteiger partial charge in [-0.1, -0.05) is 0 Å². The van der Waals surface area contributed by atoms with Crippen LogP contribution in [0.1, 0.15) is 15.9 Å². The Kier molecular flexibility index (Phi) is 3.23. The number of aromatic amines is 1. The predicted molar refractivity (Wildman–Crippen MR) is 68.2 cm³/mol. The molecule has 0 radical (unpaired) electrons. The number of rotatable bonds is 4. The standard InChI is InChI=1S/C13H14N2O3/c1-17-11-5-9(10(14)6-12(11)18-2)13(16)8-3-4-15-7-8/h3-7,15H,14H2,1-2H3. The van der Waals surface area contributed by atoms with Gasteiger partial charge < -0.3 is 20.2 Å². The Labute approximate surface area is 105 Å². The number of H-pyrrole nitrogens is 1. The van der Waals surface area contributed by atoms with Gasteiger partial charge in [0, 0.05) is 35.3 Å². The summed E-state index contributed by atoms with van der Waals surface area (Å²) in [4.78, 5) is 15.0. The number of nitrogens with two attached hydrogens (primary N) is 1. The van der Waals surface area contributed by atoms with Crippen LogP contribution in [0.15, 0.2) is 30.6 Å². The molecule has 0 atom stereocenters. The summed E-state index contributed by atoms with van der Waals surface area (Å²) in [6, 6.07) is 4.86. The topological polar surface area (TPSA) is 77.3 Å². The molecule has 94 valence electrons. The third-order valence-electron chi connectivity index (χ3n) is 2.66. The number of carbonyl (C=O) groups excluding carboxylic acids is 1. The van der Waals surface area contributed by atoms with Crippen molar-refractivity contribution < 1.29 is 14.3 Å². The Hall–Kier alpha value is -2.43. The maximum absolute atomic E-state index is 12.2. The lowest BCUT2D eigenvalue weighted by Gasteiger charge is -2.11. The molecule has 18 heavy (non-hydrogen) atoms. The lowest BCUT2D eigenvalue weighted by molar-refractivity contribution is 0.103. The van der Waals surface area contributed by atoms with Crippen molar-refractivity contribution in [1.29, 1.82) is 0 Å². The molecule has 1 heterocycles. The second-order valence-corrected chi connectivity index (χ2v) is 3.72. The van der Waals surface area contributed by atoms with Crippen LogP contribution in [0.4, 0.5) is 5.69 Å². The van der Waals surface area contributed by atoms with Crippen molar-refractivity contribution in [1.82, 2.24) is 4.98 Å². The van der Waals surface area contributed by atoms with E-state index in [4.69, 9.17) is 15.2 Å². The van der Waals surface area contributed by atoms with Crippen molar-refractivity contribution in [3.05, 3.63) is 41.7 Å². The van der Waals surface area contributed by atoms with E-state index in [0.717, 1.165) is 0 Å². The summed E-state index contributed by atoms with van der Waals surface area (Å²) in [6.45, 7) is 0. The van der Waals surface area contributed by atoms with Crippen LogP contribution in [0.2, 0.25) is 0 Å². The Morgan fingerprint density at radius 1 is 1.22 bits per heavy atom. The third-order valence-corrected chi connectivity index (χ3v) is 2.66. The van der Waals surface area contributed by atoms with E-state index in [0.29, 0.717) is 28.3 Å². The molecule has 0 amide bonds.